The molecule has 0 bridgehead atoms. The Morgan fingerprint density at radius 1 is 1.38 bits per heavy atom. The van der Waals surface area contributed by atoms with Gasteiger partial charge in [0, 0.05) is 27.2 Å². The first kappa shape index (κ1) is 16.1. The van der Waals surface area contributed by atoms with Crippen molar-refractivity contribution < 1.29 is 13.5 Å². The molecule has 1 aromatic carbocycles. The van der Waals surface area contributed by atoms with Gasteiger partial charge in [-0.05, 0) is 30.5 Å². The molecule has 7 heteroatoms. The van der Waals surface area contributed by atoms with Crippen molar-refractivity contribution in [2.75, 3.05) is 37.8 Å². The number of nitrogens with two attached hydrogens (primary N) is 1. The van der Waals surface area contributed by atoms with Crippen molar-refractivity contribution in [3.8, 4) is 0 Å². The lowest BCUT2D eigenvalue weighted by Crippen LogP contribution is -2.42. The molecule has 1 saturated heterocycles. The number of sulfonamides is 1. The molecular weight excluding hydrogens is 290 g/mol. The molecule has 2 atom stereocenters. The first-order valence-electron chi connectivity index (χ1n) is 6.98. The molecule has 1 fully saturated rings. The second-order valence-electron chi connectivity index (χ2n) is 5.79. The van der Waals surface area contributed by atoms with Crippen LogP contribution in [0.1, 0.15) is 13.3 Å². The molecule has 1 aliphatic heterocycles. The third-order valence-corrected chi connectivity index (χ3v) is 5.79. The average Bonchev–Trinajstić information content (AvgIpc) is 2.42. The van der Waals surface area contributed by atoms with Crippen LogP contribution in [-0.4, -0.2) is 51.1 Å². The lowest BCUT2D eigenvalue weighted by Gasteiger charge is -2.36. The maximum absolute atomic E-state index is 12.2. The third kappa shape index (κ3) is 3.14. The summed E-state index contributed by atoms with van der Waals surface area (Å²) in [6.45, 7) is 3.31. The number of nitrogens with zero attached hydrogens (tertiary/aromatic N) is 2. The molecular formula is C14H23N3O3S. The molecule has 0 amide bonds. The Labute approximate surface area is 126 Å². The van der Waals surface area contributed by atoms with Crippen LogP contribution in [0, 0.1) is 5.92 Å². The standard InChI is InChI=1S/C14H23N3O3S/c1-10-9-17(7-6-14(10)18)13-8-11(4-5-12(13)15)21(19,20)16(2)3/h4-5,8,10,14,18H,6-7,9,15H2,1-3H3. The smallest absolute Gasteiger partial charge is 0.242 e. The lowest BCUT2D eigenvalue weighted by molar-refractivity contribution is 0.0971. The highest BCUT2D eigenvalue weighted by atomic mass is 32.2. The Hall–Kier alpha value is -1.31. The summed E-state index contributed by atoms with van der Waals surface area (Å²) in [4.78, 5) is 2.27. The van der Waals surface area contributed by atoms with E-state index in [-0.39, 0.29) is 16.9 Å². The van der Waals surface area contributed by atoms with Crippen LogP contribution in [0.3, 0.4) is 0 Å². The molecule has 1 aliphatic rings. The zero-order valence-corrected chi connectivity index (χ0v) is 13.5. The van der Waals surface area contributed by atoms with Gasteiger partial charge in [-0.1, -0.05) is 6.92 Å². The van der Waals surface area contributed by atoms with Crippen LogP contribution in [-0.2, 0) is 10.0 Å². The molecule has 118 valence electrons. The summed E-state index contributed by atoms with van der Waals surface area (Å²) in [6, 6.07) is 4.77. The zero-order valence-electron chi connectivity index (χ0n) is 12.7. The predicted molar refractivity (Wildman–Crippen MR) is 83.7 cm³/mol. The van der Waals surface area contributed by atoms with E-state index in [1.54, 1.807) is 12.1 Å². The molecule has 0 radical (unpaired) electrons. The van der Waals surface area contributed by atoms with Gasteiger partial charge >= 0.3 is 0 Å². The van der Waals surface area contributed by atoms with Gasteiger partial charge in [0.25, 0.3) is 0 Å². The van der Waals surface area contributed by atoms with Gasteiger partial charge in [0.2, 0.25) is 10.0 Å². The van der Waals surface area contributed by atoms with Gasteiger partial charge in [-0.15, -0.1) is 0 Å². The summed E-state index contributed by atoms with van der Waals surface area (Å²) >= 11 is 0. The molecule has 0 spiro atoms. The van der Waals surface area contributed by atoms with Gasteiger partial charge in [0.05, 0.1) is 22.4 Å². The largest absolute Gasteiger partial charge is 0.397 e. The van der Waals surface area contributed by atoms with E-state index in [1.165, 1.54) is 24.5 Å². The van der Waals surface area contributed by atoms with Gasteiger partial charge in [-0.25, -0.2) is 12.7 Å². The average molecular weight is 313 g/mol. The molecule has 2 rings (SSSR count). The number of aliphatic hydroxyl groups excluding tert-OH is 1. The van der Waals surface area contributed by atoms with E-state index in [1.807, 2.05) is 11.8 Å². The van der Waals surface area contributed by atoms with Crippen LogP contribution in [0.15, 0.2) is 23.1 Å². The summed E-state index contributed by atoms with van der Waals surface area (Å²) in [5.74, 6) is 0.132. The van der Waals surface area contributed by atoms with Crippen LogP contribution in [0.5, 0.6) is 0 Å². The van der Waals surface area contributed by atoms with Crippen LogP contribution >= 0.6 is 0 Å². The number of hydrogen-bond acceptors (Lipinski definition) is 5. The van der Waals surface area contributed by atoms with Gasteiger partial charge < -0.3 is 15.7 Å². The number of rotatable bonds is 3. The quantitative estimate of drug-likeness (QED) is 0.803. The molecule has 6 nitrogen and oxygen atoms in total. The maximum Gasteiger partial charge on any atom is 0.242 e. The summed E-state index contributed by atoms with van der Waals surface area (Å²) in [5.41, 5.74) is 7.28. The first-order valence-corrected chi connectivity index (χ1v) is 8.42. The fourth-order valence-corrected chi connectivity index (χ4v) is 3.44. The maximum atomic E-state index is 12.2. The molecule has 3 N–H and O–H groups in total. The molecule has 0 aromatic heterocycles. The highest BCUT2D eigenvalue weighted by Gasteiger charge is 2.26. The van der Waals surface area contributed by atoms with E-state index >= 15 is 0 Å². The van der Waals surface area contributed by atoms with Crippen LogP contribution in [0.25, 0.3) is 0 Å². The second kappa shape index (κ2) is 5.82. The van der Waals surface area contributed by atoms with Gasteiger partial charge in [-0.2, -0.15) is 0 Å². The fraction of sp³-hybridized carbons (Fsp3) is 0.571. The summed E-state index contributed by atoms with van der Waals surface area (Å²) in [6.07, 6.45) is 0.349. The Morgan fingerprint density at radius 3 is 2.62 bits per heavy atom. The SMILES string of the molecule is CC1CN(c2cc(S(=O)(=O)N(C)C)ccc2N)CCC1O. The van der Waals surface area contributed by atoms with Crippen molar-refractivity contribution in [2.45, 2.75) is 24.3 Å². The Balaban J connectivity index is 2.37. The molecule has 1 heterocycles. The van der Waals surface area contributed by atoms with Crippen LogP contribution in [0.2, 0.25) is 0 Å². The highest BCUT2D eigenvalue weighted by Crippen LogP contribution is 2.31. The minimum atomic E-state index is -3.48. The van der Waals surface area contributed by atoms with E-state index in [2.05, 4.69) is 0 Å². The molecule has 2 unspecified atom stereocenters. The number of hydrogen-bond donors (Lipinski definition) is 2. The molecule has 0 aliphatic carbocycles. The number of benzene rings is 1. The zero-order chi connectivity index (χ0) is 15.8. The van der Waals surface area contributed by atoms with Gasteiger partial charge in [0.15, 0.2) is 0 Å². The van der Waals surface area contributed by atoms with Gasteiger partial charge in [-0.3, -0.25) is 0 Å². The minimum absolute atomic E-state index is 0.132. The lowest BCUT2D eigenvalue weighted by atomic mass is 9.96. The topological polar surface area (TPSA) is 86.9 Å². The van der Waals surface area contributed by atoms with Crippen molar-refractivity contribution in [2.24, 2.45) is 5.92 Å². The van der Waals surface area contributed by atoms with Crippen molar-refractivity contribution in [1.82, 2.24) is 4.31 Å². The van der Waals surface area contributed by atoms with Crippen LogP contribution < -0.4 is 10.6 Å². The van der Waals surface area contributed by atoms with E-state index in [0.717, 1.165) is 5.69 Å². The number of nitrogen functional groups attached to an aromatic ring is 1. The van der Waals surface area contributed by atoms with Gasteiger partial charge in [0.1, 0.15) is 0 Å². The fourth-order valence-electron chi connectivity index (χ4n) is 2.52. The van der Waals surface area contributed by atoms with Crippen molar-refractivity contribution in [1.29, 1.82) is 0 Å². The van der Waals surface area contributed by atoms with E-state index in [4.69, 9.17) is 5.73 Å². The molecule has 0 saturated carbocycles. The number of aliphatic hydroxyl groups is 1. The Bertz CT molecular complexity index is 616. The number of piperidine rings is 1. The van der Waals surface area contributed by atoms with Crippen LogP contribution in [0.4, 0.5) is 11.4 Å². The molecule has 21 heavy (non-hydrogen) atoms. The minimum Gasteiger partial charge on any atom is -0.397 e. The van der Waals surface area contributed by atoms with E-state index < -0.39 is 10.0 Å². The van der Waals surface area contributed by atoms with Crippen molar-refractivity contribution in [3.05, 3.63) is 18.2 Å². The monoisotopic (exact) mass is 313 g/mol. The highest BCUT2D eigenvalue weighted by molar-refractivity contribution is 7.89. The van der Waals surface area contributed by atoms with Crippen molar-refractivity contribution >= 4 is 21.4 Å². The first-order chi connectivity index (χ1) is 9.73. The molecule has 1 aromatic rings. The summed E-state index contributed by atoms with van der Waals surface area (Å²) in [7, 11) is -0.468. The predicted octanol–water partition coefficient (Wildman–Crippen LogP) is 0.726. The summed E-state index contributed by atoms with van der Waals surface area (Å²) in [5, 5.41) is 9.81. The summed E-state index contributed by atoms with van der Waals surface area (Å²) < 4.78 is 25.6. The Kier molecular flexibility index (Phi) is 4.46. The Morgan fingerprint density at radius 2 is 2.05 bits per heavy atom. The normalized spacial score (nSPS) is 23.6. The van der Waals surface area contributed by atoms with E-state index in [0.29, 0.717) is 25.2 Å². The number of anilines is 2. The third-order valence-electron chi connectivity index (χ3n) is 3.98. The van der Waals surface area contributed by atoms with Crippen molar-refractivity contribution in [3.63, 3.8) is 0 Å². The van der Waals surface area contributed by atoms with E-state index in [9.17, 15) is 13.5 Å². The second-order valence-corrected chi connectivity index (χ2v) is 7.94.